The molecule has 0 fully saturated rings. The predicted molar refractivity (Wildman–Crippen MR) is 74.5 cm³/mol. The van der Waals surface area contributed by atoms with E-state index in [1.165, 1.54) is 0 Å². The monoisotopic (exact) mass is 248 g/mol. The van der Waals surface area contributed by atoms with Crippen molar-refractivity contribution in [1.82, 2.24) is 0 Å². The zero-order chi connectivity index (χ0) is 13.8. The molecule has 0 aromatic heterocycles. The first-order valence-corrected chi connectivity index (χ1v) is 6.66. The van der Waals surface area contributed by atoms with E-state index in [4.69, 9.17) is 4.74 Å². The fraction of sp³-hybridized carbons (Fsp3) is 0.562. The molecule has 0 amide bonds. The van der Waals surface area contributed by atoms with Gasteiger partial charge in [-0.3, -0.25) is 4.79 Å². The van der Waals surface area contributed by atoms with Crippen LogP contribution in [0.1, 0.15) is 46.6 Å². The molecular formula is C16H24O2. The van der Waals surface area contributed by atoms with E-state index < -0.39 is 5.41 Å². The van der Waals surface area contributed by atoms with Gasteiger partial charge in [0.1, 0.15) is 6.10 Å². The van der Waals surface area contributed by atoms with Crippen LogP contribution in [0.25, 0.3) is 0 Å². The number of hydrogen-bond acceptors (Lipinski definition) is 2. The Balaban J connectivity index is 2.83. The normalized spacial score (nSPS) is 13.4. The van der Waals surface area contributed by atoms with Crippen LogP contribution >= 0.6 is 0 Å². The molecule has 100 valence electrons. The van der Waals surface area contributed by atoms with Gasteiger partial charge < -0.3 is 4.74 Å². The minimum atomic E-state index is -0.594. The highest BCUT2D eigenvalue weighted by atomic mass is 16.5. The van der Waals surface area contributed by atoms with Crippen molar-refractivity contribution in [2.45, 2.75) is 52.6 Å². The lowest BCUT2D eigenvalue weighted by Gasteiger charge is -2.28. The molecule has 0 bridgehead atoms. The average Bonchev–Trinajstić information content (AvgIpc) is 2.36. The van der Waals surface area contributed by atoms with E-state index in [0.29, 0.717) is 5.92 Å². The Morgan fingerprint density at radius 1 is 1.22 bits per heavy atom. The molecule has 0 saturated carbocycles. The second kappa shape index (κ2) is 6.03. The third-order valence-electron chi connectivity index (χ3n) is 3.41. The van der Waals surface area contributed by atoms with E-state index >= 15 is 0 Å². The molecule has 0 spiro atoms. The SMILES string of the molecule is CCC(OC(=O)C(C)(C)c1ccccc1)C(C)C. The van der Waals surface area contributed by atoms with Gasteiger partial charge in [0.25, 0.3) is 0 Å². The number of rotatable bonds is 5. The van der Waals surface area contributed by atoms with E-state index in [-0.39, 0.29) is 12.1 Å². The maximum Gasteiger partial charge on any atom is 0.316 e. The molecule has 1 aromatic carbocycles. The largest absolute Gasteiger partial charge is 0.461 e. The van der Waals surface area contributed by atoms with Crippen molar-refractivity contribution < 1.29 is 9.53 Å². The van der Waals surface area contributed by atoms with Crippen LogP contribution in [0.4, 0.5) is 0 Å². The summed E-state index contributed by atoms with van der Waals surface area (Å²) in [4.78, 5) is 12.3. The van der Waals surface area contributed by atoms with Crippen LogP contribution in [-0.4, -0.2) is 12.1 Å². The van der Waals surface area contributed by atoms with E-state index in [1.54, 1.807) is 0 Å². The zero-order valence-corrected chi connectivity index (χ0v) is 12.1. The van der Waals surface area contributed by atoms with Crippen LogP contribution < -0.4 is 0 Å². The van der Waals surface area contributed by atoms with Crippen molar-refractivity contribution >= 4 is 5.97 Å². The van der Waals surface area contributed by atoms with Gasteiger partial charge in [0.2, 0.25) is 0 Å². The summed E-state index contributed by atoms with van der Waals surface area (Å²) in [7, 11) is 0. The maximum absolute atomic E-state index is 12.3. The summed E-state index contributed by atoms with van der Waals surface area (Å²) in [5.41, 5.74) is 0.400. The molecule has 0 N–H and O–H groups in total. The van der Waals surface area contributed by atoms with Crippen LogP contribution in [0.15, 0.2) is 30.3 Å². The Morgan fingerprint density at radius 3 is 2.22 bits per heavy atom. The molecule has 1 aromatic rings. The molecule has 1 unspecified atom stereocenters. The van der Waals surface area contributed by atoms with Gasteiger partial charge in [-0.05, 0) is 31.7 Å². The van der Waals surface area contributed by atoms with Crippen LogP contribution in [0.2, 0.25) is 0 Å². The van der Waals surface area contributed by atoms with Gasteiger partial charge in [0, 0.05) is 0 Å². The van der Waals surface area contributed by atoms with E-state index in [2.05, 4.69) is 13.8 Å². The van der Waals surface area contributed by atoms with Crippen LogP contribution in [0, 0.1) is 5.92 Å². The summed E-state index contributed by atoms with van der Waals surface area (Å²) in [5, 5.41) is 0. The second-order valence-electron chi connectivity index (χ2n) is 5.59. The molecular weight excluding hydrogens is 224 g/mol. The first-order chi connectivity index (χ1) is 8.39. The molecule has 0 aliphatic carbocycles. The van der Waals surface area contributed by atoms with E-state index in [1.807, 2.05) is 51.1 Å². The molecule has 0 aliphatic rings. The highest BCUT2D eigenvalue weighted by Crippen LogP contribution is 2.26. The number of hydrogen-bond donors (Lipinski definition) is 0. The lowest BCUT2D eigenvalue weighted by molar-refractivity contribution is -0.157. The summed E-state index contributed by atoms with van der Waals surface area (Å²) in [6.07, 6.45) is 0.856. The van der Waals surface area contributed by atoms with Crippen molar-refractivity contribution in [3.05, 3.63) is 35.9 Å². The Kier molecular flexibility index (Phi) is 4.94. The first kappa shape index (κ1) is 14.7. The van der Waals surface area contributed by atoms with Crippen molar-refractivity contribution in [2.24, 2.45) is 5.92 Å². The summed E-state index contributed by atoms with van der Waals surface area (Å²) in [5.74, 6) is 0.208. The van der Waals surface area contributed by atoms with Crippen molar-refractivity contribution in [3.8, 4) is 0 Å². The highest BCUT2D eigenvalue weighted by molar-refractivity contribution is 5.82. The summed E-state index contributed by atoms with van der Waals surface area (Å²) < 4.78 is 5.64. The smallest absolute Gasteiger partial charge is 0.316 e. The maximum atomic E-state index is 12.3. The lowest BCUT2D eigenvalue weighted by Crippen LogP contribution is -2.35. The zero-order valence-electron chi connectivity index (χ0n) is 12.1. The number of esters is 1. The topological polar surface area (TPSA) is 26.3 Å². The minimum absolute atomic E-state index is 0.000451. The third kappa shape index (κ3) is 3.34. The van der Waals surface area contributed by atoms with Gasteiger partial charge in [0.05, 0.1) is 5.41 Å². The van der Waals surface area contributed by atoms with Crippen LogP contribution in [-0.2, 0) is 14.9 Å². The molecule has 0 aliphatic heterocycles. The predicted octanol–water partition coefficient (Wildman–Crippen LogP) is 3.94. The van der Waals surface area contributed by atoms with Crippen molar-refractivity contribution in [1.29, 1.82) is 0 Å². The average molecular weight is 248 g/mol. The van der Waals surface area contributed by atoms with Crippen LogP contribution in [0.5, 0.6) is 0 Å². The molecule has 0 heterocycles. The fourth-order valence-electron chi connectivity index (χ4n) is 1.95. The van der Waals surface area contributed by atoms with Gasteiger partial charge in [0.15, 0.2) is 0 Å². The van der Waals surface area contributed by atoms with Gasteiger partial charge in [-0.2, -0.15) is 0 Å². The molecule has 2 nitrogen and oxygen atoms in total. The number of carbonyl (C=O) groups is 1. The Labute approximate surface area is 110 Å². The molecule has 1 atom stereocenters. The van der Waals surface area contributed by atoms with E-state index in [0.717, 1.165) is 12.0 Å². The molecule has 18 heavy (non-hydrogen) atoms. The summed E-state index contributed by atoms with van der Waals surface area (Å²) in [6.45, 7) is 10.0. The summed E-state index contributed by atoms with van der Waals surface area (Å²) >= 11 is 0. The molecule has 2 heteroatoms. The molecule has 1 rings (SSSR count). The Hall–Kier alpha value is -1.31. The first-order valence-electron chi connectivity index (χ1n) is 6.66. The summed E-state index contributed by atoms with van der Waals surface area (Å²) in [6, 6.07) is 9.79. The standard InChI is InChI=1S/C16H24O2/c1-6-14(12(2)3)18-15(17)16(4,5)13-10-8-7-9-11-13/h7-12,14H,6H2,1-5H3. The second-order valence-corrected chi connectivity index (χ2v) is 5.59. The van der Waals surface area contributed by atoms with Gasteiger partial charge >= 0.3 is 5.97 Å². The van der Waals surface area contributed by atoms with Crippen LogP contribution in [0.3, 0.4) is 0 Å². The minimum Gasteiger partial charge on any atom is -0.461 e. The van der Waals surface area contributed by atoms with Gasteiger partial charge in [-0.15, -0.1) is 0 Å². The molecule has 0 saturated heterocycles. The highest BCUT2D eigenvalue weighted by Gasteiger charge is 2.33. The molecule has 0 radical (unpaired) electrons. The number of benzene rings is 1. The number of ether oxygens (including phenoxy) is 1. The Morgan fingerprint density at radius 2 is 1.78 bits per heavy atom. The van der Waals surface area contributed by atoms with E-state index in [9.17, 15) is 4.79 Å². The van der Waals surface area contributed by atoms with Gasteiger partial charge in [-0.1, -0.05) is 51.1 Å². The number of carbonyl (C=O) groups excluding carboxylic acids is 1. The van der Waals surface area contributed by atoms with Gasteiger partial charge in [-0.25, -0.2) is 0 Å². The fourth-order valence-corrected chi connectivity index (χ4v) is 1.95. The van der Waals surface area contributed by atoms with Crippen molar-refractivity contribution in [3.63, 3.8) is 0 Å². The van der Waals surface area contributed by atoms with Crippen molar-refractivity contribution in [2.75, 3.05) is 0 Å². The Bertz CT molecular complexity index is 379. The lowest BCUT2D eigenvalue weighted by atomic mass is 9.84. The third-order valence-corrected chi connectivity index (χ3v) is 3.41. The quantitative estimate of drug-likeness (QED) is 0.738.